The number of amides is 1. The van der Waals surface area contributed by atoms with Gasteiger partial charge in [0.05, 0.1) is 11.8 Å². The minimum Gasteiger partial charge on any atom is -0.481 e. The van der Waals surface area contributed by atoms with Gasteiger partial charge in [0.1, 0.15) is 0 Å². The first-order valence-electron chi connectivity index (χ1n) is 7.39. The molecule has 0 radical (unpaired) electrons. The van der Waals surface area contributed by atoms with Gasteiger partial charge in [-0.2, -0.15) is 0 Å². The Morgan fingerprint density at radius 3 is 1.84 bits per heavy atom. The average molecular weight is 269 g/mol. The van der Waals surface area contributed by atoms with Crippen LogP contribution in [-0.2, 0) is 9.59 Å². The standard InChI is InChI=1S/C15H27NO3/c1-5-7-9-16(10-8-6-2)13(17)11-12(14(18)19)15(11,3)4/h11-12H,5-10H2,1-4H3,(H,18,19)/t11-,12+/m1/s1. The van der Waals surface area contributed by atoms with E-state index in [4.69, 9.17) is 0 Å². The van der Waals surface area contributed by atoms with E-state index in [0.29, 0.717) is 0 Å². The molecule has 1 amide bonds. The zero-order valence-corrected chi connectivity index (χ0v) is 12.6. The van der Waals surface area contributed by atoms with E-state index in [1.165, 1.54) is 0 Å². The van der Waals surface area contributed by atoms with Gasteiger partial charge in [-0.3, -0.25) is 9.59 Å². The maximum absolute atomic E-state index is 12.5. The number of carboxylic acids is 1. The molecule has 2 atom stereocenters. The molecule has 0 aliphatic heterocycles. The van der Waals surface area contributed by atoms with E-state index < -0.39 is 11.9 Å². The van der Waals surface area contributed by atoms with Crippen LogP contribution in [0.25, 0.3) is 0 Å². The van der Waals surface area contributed by atoms with Crippen LogP contribution in [0.1, 0.15) is 53.4 Å². The summed E-state index contributed by atoms with van der Waals surface area (Å²) in [7, 11) is 0. The largest absolute Gasteiger partial charge is 0.481 e. The fraction of sp³-hybridized carbons (Fsp3) is 0.867. The van der Waals surface area contributed by atoms with E-state index in [1.54, 1.807) is 0 Å². The third-order valence-electron chi connectivity index (χ3n) is 4.23. The van der Waals surface area contributed by atoms with Gasteiger partial charge in [0.2, 0.25) is 5.91 Å². The number of carbonyl (C=O) groups excluding carboxylic acids is 1. The van der Waals surface area contributed by atoms with E-state index in [1.807, 2.05) is 18.7 Å². The van der Waals surface area contributed by atoms with Crippen molar-refractivity contribution in [1.82, 2.24) is 4.90 Å². The maximum atomic E-state index is 12.5. The Kier molecular flexibility index (Phi) is 5.39. The van der Waals surface area contributed by atoms with Gasteiger partial charge in [-0.25, -0.2) is 0 Å². The van der Waals surface area contributed by atoms with Crippen molar-refractivity contribution in [3.8, 4) is 0 Å². The molecule has 0 saturated heterocycles. The second-order valence-electron chi connectivity index (χ2n) is 6.15. The third kappa shape index (κ3) is 3.48. The number of unbranched alkanes of at least 4 members (excludes halogenated alkanes) is 2. The van der Waals surface area contributed by atoms with Gasteiger partial charge < -0.3 is 10.0 Å². The number of hydrogen-bond donors (Lipinski definition) is 1. The van der Waals surface area contributed by atoms with Crippen molar-refractivity contribution in [1.29, 1.82) is 0 Å². The fourth-order valence-electron chi connectivity index (χ4n) is 2.79. The first-order valence-corrected chi connectivity index (χ1v) is 7.39. The highest BCUT2D eigenvalue weighted by Crippen LogP contribution is 2.59. The molecule has 4 nitrogen and oxygen atoms in total. The number of carbonyl (C=O) groups is 2. The molecular weight excluding hydrogens is 242 g/mol. The Morgan fingerprint density at radius 2 is 1.53 bits per heavy atom. The van der Waals surface area contributed by atoms with Crippen LogP contribution in [0.4, 0.5) is 0 Å². The normalized spacial score (nSPS) is 24.0. The topological polar surface area (TPSA) is 57.6 Å². The predicted octanol–water partition coefficient (Wildman–Crippen LogP) is 2.77. The molecule has 1 saturated carbocycles. The van der Waals surface area contributed by atoms with Gasteiger partial charge >= 0.3 is 5.97 Å². The number of carboxylic acid groups (broad SMARTS) is 1. The van der Waals surface area contributed by atoms with Gasteiger partial charge in [0.15, 0.2) is 0 Å². The molecule has 0 aromatic rings. The lowest BCUT2D eigenvalue weighted by molar-refractivity contribution is -0.142. The number of hydrogen-bond acceptors (Lipinski definition) is 2. The highest BCUT2D eigenvalue weighted by Gasteiger charge is 2.66. The minimum atomic E-state index is -0.839. The van der Waals surface area contributed by atoms with Gasteiger partial charge in [0, 0.05) is 13.1 Å². The Labute approximate surface area is 116 Å². The molecule has 1 aliphatic carbocycles. The summed E-state index contributed by atoms with van der Waals surface area (Å²) in [5.74, 6) is -1.64. The van der Waals surface area contributed by atoms with Crippen molar-refractivity contribution in [3.63, 3.8) is 0 Å². The van der Waals surface area contributed by atoms with Crippen molar-refractivity contribution < 1.29 is 14.7 Å². The fourth-order valence-corrected chi connectivity index (χ4v) is 2.79. The van der Waals surface area contributed by atoms with Crippen molar-refractivity contribution in [2.24, 2.45) is 17.3 Å². The summed E-state index contributed by atoms with van der Waals surface area (Å²) >= 11 is 0. The molecule has 1 rings (SSSR count). The van der Waals surface area contributed by atoms with Crippen LogP contribution in [0.3, 0.4) is 0 Å². The smallest absolute Gasteiger partial charge is 0.307 e. The average Bonchev–Trinajstić information content (AvgIpc) is 2.92. The summed E-state index contributed by atoms with van der Waals surface area (Å²) in [5.41, 5.74) is -0.389. The van der Waals surface area contributed by atoms with Crippen LogP contribution in [0.5, 0.6) is 0 Å². The first-order chi connectivity index (χ1) is 8.87. The summed E-state index contributed by atoms with van der Waals surface area (Å²) in [5, 5.41) is 9.17. The number of aliphatic carboxylic acids is 1. The van der Waals surface area contributed by atoms with Crippen LogP contribution in [0.15, 0.2) is 0 Å². The molecule has 0 heterocycles. The Bertz CT molecular complexity index is 330. The van der Waals surface area contributed by atoms with E-state index in [0.717, 1.165) is 38.8 Å². The van der Waals surface area contributed by atoms with Crippen LogP contribution >= 0.6 is 0 Å². The molecule has 0 aromatic carbocycles. The van der Waals surface area contributed by atoms with Crippen LogP contribution in [0.2, 0.25) is 0 Å². The van der Waals surface area contributed by atoms with Crippen LogP contribution in [-0.4, -0.2) is 35.0 Å². The lowest BCUT2D eigenvalue weighted by atomic mass is 10.1. The second kappa shape index (κ2) is 6.40. The monoisotopic (exact) mass is 269 g/mol. The summed E-state index contributed by atoms with van der Waals surface area (Å²) in [6.07, 6.45) is 4.07. The van der Waals surface area contributed by atoms with Gasteiger partial charge in [-0.15, -0.1) is 0 Å². The van der Waals surface area contributed by atoms with Crippen molar-refractivity contribution in [2.75, 3.05) is 13.1 Å². The van der Waals surface area contributed by atoms with Gasteiger partial charge in [0.25, 0.3) is 0 Å². The zero-order chi connectivity index (χ0) is 14.6. The van der Waals surface area contributed by atoms with Crippen molar-refractivity contribution in [3.05, 3.63) is 0 Å². The molecule has 0 bridgehead atoms. The number of nitrogens with zero attached hydrogens (tertiary/aromatic N) is 1. The lowest BCUT2D eigenvalue weighted by Gasteiger charge is -2.23. The van der Waals surface area contributed by atoms with Crippen LogP contribution < -0.4 is 0 Å². The minimum absolute atomic E-state index is 0.0410. The van der Waals surface area contributed by atoms with E-state index >= 15 is 0 Å². The summed E-state index contributed by atoms with van der Waals surface area (Å²) < 4.78 is 0. The predicted molar refractivity (Wildman–Crippen MR) is 74.8 cm³/mol. The van der Waals surface area contributed by atoms with E-state index in [2.05, 4.69) is 13.8 Å². The molecule has 0 unspecified atom stereocenters. The van der Waals surface area contributed by atoms with E-state index in [-0.39, 0.29) is 17.2 Å². The second-order valence-corrected chi connectivity index (χ2v) is 6.15. The third-order valence-corrected chi connectivity index (χ3v) is 4.23. The summed E-state index contributed by atoms with van der Waals surface area (Å²) in [6, 6.07) is 0. The van der Waals surface area contributed by atoms with Crippen molar-refractivity contribution in [2.45, 2.75) is 53.4 Å². The zero-order valence-electron chi connectivity index (χ0n) is 12.6. The van der Waals surface area contributed by atoms with Crippen molar-refractivity contribution >= 4 is 11.9 Å². The molecule has 110 valence electrons. The summed E-state index contributed by atoms with van der Waals surface area (Å²) in [4.78, 5) is 25.6. The highest BCUT2D eigenvalue weighted by atomic mass is 16.4. The first kappa shape index (κ1) is 16.0. The Hall–Kier alpha value is -1.06. The van der Waals surface area contributed by atoms with Gasteiger partial charge in [-0.1, -0.05) is 40.5 Å². The van der Waals surface area contributed by atoms with Gasteiger partial charge in [-0.05, 0) is 18.3 Å². The lowest BCUT2D eigenvalue weighted by Crippen LogP contribution is -2.35. The summed E-state index contributed by atoms with van der Waals surface area (Å²) in [6.45, 7) is 9.48. The molecule has 1 fully saturated rings. The molecular formula is C15H27NO3. The van der Waals surface area contributed by atoms with E-state index in [9.17, 15) is 14.7 Å². The van der Waals surface area contributed by atoms with Crippen LogP contribution in [0, 0.1) is 17.3 Å². The SMILES string of the molecule is CCCCN(CCCC)C(=O)[C@H]1[C@@H](C(=O)O)C1(C)C. The molecule has 19 heavy (non-hydrogen) atoms. The molecule has 0 aromatic heterocycles. The maximum Gasteiger partial charge on any atom is 0.307 e. The molecule has 1 aliphatic rings. The Morgan fingerprint density at radius 1 is 1.05 bits per heavy atom. The molecule has 1 N–H and O–H groups in total. The highest BCUT2D eigenvalue weighted by molar-refractivity contribution is 5.91. The number of rotatable bonds is 8. The quantitative estimate of drug-likeness (QED) is 0.737. The molecule has 0 spiro atoms. The molecule has 4 heteroatoms. The Balaban J connectivity index is 2.69.